The van der Waals surface area contributed by atoms with Crippen LogP contribution >= 0.6 is 43.5 Å². The second-order valence-electron chi connectivity index (χ2n) is 5.23. The van der Waals surface area contributed by atoms with E-state index >= 15 is 0 Å². The fourth-order valence-electron chi connectivity index (χ4n) is 2.82. The van der Waals surface area contributed by atoms with Crippen molar-refractivity contribution in [3.63, 3.8) is 0 Å². The molecule has 0 saturated heterocycles. The Hall–Kier alpha value is -0.510. The number of alkyl halides is 1. The molecule has 0 aromatic heterocycles. The summed E-state index contributed by atoms with van der Waals surface area (Å²) in [4.78, 5) is 0. The van der Waals surface area contributed by atoms with Crippen molar-refractivity contribution < 1.29 is 4.74 Å². The van der Waals surface area contributed by atoms with Crippen LogP contribution in [-0.2, 0) is 12.8 Å². The number of fused-ring (bicyclic) bond motifs is 1. The van der Waals surface area contributed by atoms with E-state index in [-0.39, 0.29) is 5.92 Å². The molecule has 1 atom stereocenters. The Balaban J connectivity index is 1.94. The number of hydrogen-bond acceptors (Lipinski definition) is 1. The van der Waals surface area contributed by atoms with Gasteiger partial charge in [-0.1, -0.05) is 50.1 Å². The molecule has 110 valence electrons. The molecule has 1 nitrogen and oxygen atoms in total. The summed E-state index contributed by atoms with van der Waals surface area (Å²) in [6, 6.07) is 12.6. The van der Waals surface area contributed by atoms with Gasteiger partial charge in [-0.25, -0.2) is 0 Å². The molecular formula is C17H15Br2ClO. The quantitative estimate of drug-likeness (QED) is 0.565. The molecule has 1 aliphatic heterocycles. The van der Waals surface area contributed by atoms with Gasteiger partial charge in [-0.2, -0.15) is 0 Å². The van der Waals surface area contributed by atoms with E-state index < -0.39 is 0 Å². The molecule has 0 radical (unpaired) electrons. The fraction of sp³-hybridized carbons (Fsp3) is 0.294. The maximum Gasteiger partial charge on any atom is 0.125 e. The molecule has 1 unspecified atom stereocenters. The largest absolute Gasteiger partial charge is 0.493 e. The molecule has 4 heteroatoms. The van der Waals surface area contributed by atoms with E-state index in [9.17, 15) is 0 Å². The van der Waals surface area contributed by atoms with Crippen molar-refractivity contribution in [2.75, 3.05) is 12.5 Å². The van der Waals surface area contributed by atoms with Crippen LogP contribution in [0.4, 0.5) is 0 Å². The molecule has 0 fully saturated rings. The average molecular weight is 431 g/mol. The van der Waals surface area contributed by atoms with Crippen LogP contribution < -0.4 is 4.74 Å². The van der Waals surface area contributed by atoms with E-state index in [0.717, 1.165) is 34.1 Å². The topological polar surface area (TPSA) is 9.23 Å². The van der Waals surface area contributed by atoms with Gasteiger partial charge in [-0.15, -0.1) is 11.6 Å². The van der Waals surface area contributed by atoms with Crippen LogP contribution in [0.15, 0.2) is 45.3 Å². The van der Waals surface area contributed by atoms with E-state index in [1.54, 1.807) is 0 Å². The number of benzene rings is 2. The Kier molecular flexibility index (Phi) is 4.92. The summed E-state index contributed by atoms with van der Waals surface area (Å²) in [6.45, 7) is 0.777. The highest BCUT2D eigenvalue weighted by Gasteiger charge is 2.21. The van der Waals surface area contributed by atoms with Crippen molar-refractivity contribution in [3.05, 3.63) is 62.0 Å². The first-order chi connectivity index (χ1) is 10.2. The van der Waals surface area contributed by atoms with Crippen molar-refractivity contribution in [3.8, 4) is 5.75 Å². The second-order valence-corrected chi connectivity index (χ2v) is 7.31. The van der Waals surface area contributed by atoms with Crippen LogP contribution in [0.1, 0.15) is 22.6 Å². The predicted molar refractivity (Wildman–Crippen MR) is 94.6 cm³/mol. The van der Waals surface area contributed by atoms with Gasteiger partial charge in [-0.3, -0.25) is 0 Å². The number of halogens is 3. The van der Waals surface area contributed by atoms with E-state index in [0.29, 0.717) is 5.88 Å². The molecule has 0 spiro atoms. The third-order valence-electron chi connectivity index (χ3n) is 3.82. The van der Waals surface area contributed by atoms with Gasteiger partial charge >= 0.3 is 0 Å². The number of hydrogen-bond donors (Lipinski definition) is 0. The first-order valence-electron chi connectivity index (χ1n) is 6.93. The minimum atomic E-state index is 0.268. The van der Waals surface area contributed by atoms with Crippen molar-refractivity contribution in [2.24, 2.45) is 0 Å². The van der Waals surface area contributed by atoms with Crippen LogP contribution in [0, 0.1) is 0 Å². The fourth-order valence-corrected chi connectivity index (χ4v) is 4.25. The second kappa shape index (κ2) is 6.72. The summed E-state index contributed by atoms with van der Waals surface area (Å²) in [6.07, 6.45) is 1.87. The standard InChI is InChI=1S/C17H15Br2ClO/c18-14-8-11-5-6-21-17(11)12(9-14)7-13(10-20)15-3-1-2-4-16(15)19/h1-4,8-9,13H,5-7,10H2. The Labute approximate surface area is 146 Å². The van der Waals surface area contributed by atoms with Crippen molar-refractivity contribution in [1.82, 2.24) is 0 Å². The minimum Gasteiger partial charge on any atom is -0.493 e. The van der Waals surface area contributed by atoms with E-state index in [4.69, 9.17) is 16.3 Å². The average Bonchev–Trinajstić information content (AvgIpc) is 2.93. The van der Waals surface area contributed by atoms with Gasteiger partial charge in [-0.05, 0) is 41.3 Å². The summed E-state index contributed by atoms with van der Waals surface area (Å²) >= 11 is 13.5. The van der Waals surface area contributed by atoms with Gasteiger partial charge in [0, 0.05) is 27.2 Å². The smallest absolute Gasteiger partial charge is 0.125 e. The third kappa shape index (κ3) is 3.30. The highest BCUT2D eigenvalue weighted by Crippen LogP contribution is 2.37. The summed E-state index contributed by atoms with van der Waals surface area (Å²) in [5.41, 5.74) is 3.78. The van der Waals surface area contributed by atoms with E-state index in [1.165, 1.54) is 16.7 Å². The summed E-state index contributed by atoms with van der Waals surface area (Å²) < 4.78 is 8.05. The van der Waals surface area contributed by atoms with Crippen molar-refractivity contribution in [1.29, 1.82) is 0 Å². The molecule has 3 rings (SSSR count). The maximum absolute atomic E-state index is 6.24. The van der Waals surface area contributed by atoms with Gasteiger partial charge in [0.1, 0.15) is 5.75 Å². The van der Waals surface area contributed by atoms with Crippen molar-refractivity contribution >= 4 is 43.5 Å². The van der Waals surface area contributed by atoms with Crippen LogP contribution in [-0.4, -0.2) is 12.5 Å². The normalized spacial score (nSPS) is 14.6. The van der Waals surface area contributed by atoms with E-state index in [1.807, 2.05) is 6.07 Å². The lowest BCUT2D eigenvalue weighted by Gasteiger charge is -2.18. The molecule has 0 amide bonds. The Morgan fingerprint density at radius 3 is 2.76 bits per heavy atom. The van der Waals surface area contributed by atoms with Gasteiger partial charge in [0.05, 0.1) is 6.61 Å². The first-order valence-corrected chi connectivity index (χ1v) is 9.05. The molecule has 2 aromatic rings. The molecule has 1 aliphatic rings. The lowest BCUT2D eigenvalue weighted by atomic mass is 9.92. The van der Waals surface area contributed by atoms with Gasteiger partial charge in [0.15, 0.2) is 0 Å². The number of ether oxygens (including phenoxy) is 1. The maximum atomic E-state index is 6.24. The summed E-state index contributed by atoms with van der Waals surface area (Å²) in [5.74, 6) is 1.91. The summed E-state index contributed by atoms with van der Waals surface area (Å²) in [7, 11) is 0. The summed E-state index contributed by atoms with van der Waals surface area (Å²) in [5, 5.41) is 0. The Bertz CT molecular complexity index is 657. The van der Waals surface area contributed by atoms with Crippen LogP contribution in [0.3, 0.4) is 0 Å². The van der Waals surface area contributed by atoms with Crippen LogP contribution in [0.5, 0.6) is 5.75 Å². The zero-order valence-electron chi connectivity index (χ0n) is 11.4. The minimum absolute atomic E-state index is 0.268. The van der Waals surface area contributed by atoms with E-state index in [2.05, 4.69) is 62.2 Å². The Morgan fingerprint density at radius 2 is 2.00 bits per heavy atom. The van der Waals surface area contributed by atoms with Crippen LogP contribution in [0.2, 0.25) is 0 Å². The third-order valence-corrected chi connectivity index (χ3v) is 5.38. The molecule has 0 aliphatic carbocycles. The molecule has 0 bridgehead atoms. The molecule has 21 heavy (non-hydrogen) atoms. The van der Waals surface area contributed by atoms with Crippen molar-refractivity contribution in [2.45, 2.75) is 18.8 Å². The molecule has 2 aromatic carbocycles. The zero-order chi connectivity index (χ0) is 14.8. The van der Waals surface area contributed by atoms with Gasteiger partial charge < -0.3 is 4.74 Å². The highest BCUT2D eigenvalue weighted by molar-refractivity contribution is 9.10. The SMILES string of the molecule is ClCC(Cc1cc(Br)cc2c1OCC2)c1ccccc1Br. The van der Waals surface area contributed by atoms with Gasteiger partial charge in [0.25, 0.3) is 0 Å². The molecule has 1 heterocycles. The van der Waals surface area contributed by atoms with Gasteiger partial charge in [0.2, 0.25) is 0 Å². The zero-order valence-corrected chi connectivity index (χ0v) is 15.3. The lowest BCUT2D eigenvalue weighted by Crippen LogP contribution is -2.07. The monoisotopic (exact) mass is 428 g/mol. The molecule has 0 saturated carbocycles. The Morgan fingerprint density at radius 1 is 1.19 bits per heavy atom. The predicted octanol–water partition coefficient (Wildman–Crippen LogP) is 5.71. The number of rotatable bonds is 4. The first kappa shape index (κ1) is 15.4. The lowest BCUT2D eigenvalue weighted by molar-refractivity contribution is 0.352. The molecule has 0 N–H and O–H groups in total. The highest BCUT2D eigenvalue weighted by atomic mass is 79.9. The molecular weight excluding hydrogens is 415 g/mol. The van der Waals surface area contributed by atoms with Crippen LogP contribution in [0.25, 0.3) is 0 Å².